The monoisotopic (exact) mass is 378 g/mol. The largest absolute Gasteiger partial charge is 0.493 e. The number of hydrogen-bond acceptors (Lipinski definition) is 6. The summed E-state index contributed by atoms with van der Waals surface area (Å²) in [5.74, 6) is 2.63. The van der Waals surface area contributed by atoms with Gasteiger partial charge in [-0.25, -0.2) is 4.98 Å². The van der Waals surface area contributed by atoms with Crippen molar-refractivity contribution >= 4 is 17.5 Å². The van der Waals surface area contributed by atoms with Crippen LogP contribution in [0, 0.1) is 0 Å². The van der Waals surface area contributed by atoms with Crippen LogP contribution in [-0.4, -0.2) is 30.2 Å². The van der Waals surface area contributed by atoms with Crippen LogP contribution in [0.3, 0.4) is 0 Å². The summed E-state index contributed by atoms with van der Waals surface area (Å²) < 4.78 is 10.7. The van der Waals surface area contributed by atoms with E-state index < -0.39 is 0 Å². The number of hydrogen-bond donors (Lipinski definition) is 2. The third-order valence-electron chi connectivity index (χ3n) is 4.44. The summed E-state index contributed by atoms with van der Waals surface area (Å²) in [5, 5.41) is 6.71. The first-order valence-corrected chi connectivity index (χ1v) is 9.33. The van der Waals surface area contributed by atoms with Gasteiger partial charge in [-0.15, -0.1) is 0 Å². The fourth-order valence-corrected chi connectivity index (χ4v) is 2.72. The minimum Gasteiger partial charge on any atom is -0.493 e. The van der Waals surface area contributed by atoms with Gasteiger partial charge >= 0.3 is 0 Å². The Morgan fingerprint density at radius 1 is 0.929 bits per heavy atom. The maximum absolute atomic E-state index is 5.39. The molecule has 28 heavy (non-hydrogen) atoms. The molecule has 3 rings (SSSR count). The van der Waals surface area contributed by atoms with Crippen LogP contribution < -0.4 is 20.1 Å². The van der Waals surface area contributed by atoms with Crippen molar-refractivity contribution in [3.8, 4) is 22.8 Å². The van der Waals surface area contributed by atoms with Crippen molar-refractivity contribution < 1.29 is 9.47 Å². The van der Waals surface area contributed by atoms with Gasteiger partial charge in [-0.1, -0.05) is 37.3 Å². The van der Waals surface area contributed by atoms with Crippen LogP contribution in [-0.2, 0) is 0 Å². The average Bonchev–Trinajstić information content (AvgIpc) is 2.74. The zero-order valence-corrected chi connectivity index (χ0v) is 16.7. The third kappa shape index (κ3) is 4.71. The molecule has 0 radical (unpaired) electrons. The normalized spacial score (nSPS) is 11.6. The fourth-order valence-electron chi connectivity index (χ4n) is 2.72. The molecule has 0 saturated heterocycles. The summed E-state index contributed by atoms with van der Waals surface area (Å²) in [6, 6.07) is 17.9. The van der Waals surface area contributed by atoms with Crippen LogP contribution in [0.2, 0.25) is 0 Å². The van der Waals surface area contributed by atoms with Gasteiger partial charge in [0.05, 0.1) is 19.9 Å². The molecule has 0 unspecified atom stereocenters. The first-order valence-electron chi connectivity index (χ1n) is 9.33. The van der Waals surface area contributed by atoms with Crippen molar-refractivity contribution in [2.75, 3.05) is 24.9 Å². The Labute approximate surface area is 166 Å². The van der Waals surface area contributed by atoms with E-state index in [0.29, 0.717) is 23.3 Å². The molecule has 0 fully saturated rings. The molecule has 2 aromatic carbocycles. The molecule has 0 aliphatic carbocycles. The number of nitrogens with one attached hydrogen (secondary N) is 2. The van der Waals surface area contributed by atoms with Crippen molar-refractivity contribution in [2.24, 2.45) is 0 Å². The highest BCUT2D eigenvalue weighted by molar-refractivity contribution is 5.68. The molecule has 1 atom stereocenters. The Hall–Kier alpha value is -3.28. The van der Waals surface area contributed by atoms with E-state index in [1.807, 2.05) is 54.6 Å². The SMILES string of the molecule is CC[C@@H](C)Nc1nc(Nc2ccc(OC)c(OC)c2)cc(-c2ccccc2)n1. The summed E-state index contributed by atoms with van der Waals surface area (Å²) >= 11 is 0. The van der Waals surface area contributed by atoms with Crippen LogP contribution >= 0.6 is 0 Å². The van der Waals surface area contributed by atoms with Gasteiger partial charge in [-0.3, -0.25) is 0 Å². The molecule has 6 nitrogen and oxygen atoms in total. The highest BCUT2D eigenvalue weighted by Gasteiger charge is 2.10. The van der Waals surface area contributed by atoms with Crippen molar-refractivity contribution in [2.45, 2.75) is 26.3 Å². The number of rotatable bonds is 8. The van der Waals surface area contributed by atoms with E-state index in [1.54, 1.807) is 14.2 Å². The van der Waals surface area contributed by atoms with E-state index in [9.17, 15) is 0 Å². The number of methoxy groups -OCH3 is 2. The fraction of sp³-hybridized carbons (Fsp3) is 0.273. The minimum atomic E-state index is 0.278. The van der Waals surface area contributed by atoms with Gasteiger partial charge in [0.2, 0.25) is 5.95 Å². The average molecular weight is 378 g/mol. The molecule has 0 spiro atoms. The predicted molar refractivity (Wildman–Crippen MR) is 114 cm³/mol. The zero-order valence-electron chi connectivity index (χ0n) is 16.7. The molecule has 2 N–H and O–H groups in total. The van der Waals surface area contributed by atoms with Crippen LogP contribution in [0.15, 0.2) is 54.6 Å². The Bertz CT molecular complexity index is 916. The number of aromatic nitrogens is 2. The number of benzene rings is 2. The van der Waals surface area contributed by atoms with Crippen molar-refractivity contribution in [3.63, 3.8) is 0 Å². The highest BCUT2D eigenvalue weighted by atomic mass is 16.5. The standard InChI is InChI=1S/C22H26N4O2/c1-5-15(2)23-22-25-18(16-9-7-6-8-10-16)14-21(26-22)24-17-11-12-19(27-3)20(13-17)28-4/h6-15H,5H2,1-4H3,(H2,23,24,25,26)/t15-/m1/s1. The molecule has 3 aromatic rings. The molecular formula is C22H26N4O2. The maximum Gasteiger partial charge on any atom is 0.225 e. The summed E-state index contributed by atoms with van der Waals surface area (Å²) in [7, 11) is 3.24. The molecule has 6 heteroatoms. The molecule has 0 amide bonds. The predicted octanol–water partition coefficient (Wildman–Crippen LogP) is 5.11. The lowest BCUT2D eigenvalue weighted by Gasteiger charge is -2.15. The molecule has 146 valence electrons. The van der Waals surface area contributed by atoms with Gasteiger partial charge in [0.1, 0.15) is 5.82 Å². The molecule has 1 heterocycles. The lowest BCUT2D eigenvalue weighted by Crippen LogP contribution is -2.16. The lowest BCUT2D eigenvalue weighted by atomic mass is 10.1. The van der Waals surface area contributed by atoms with E-state index in [4.69, 9.17) is 9.47 Å². The summed E-state index contributed by atoms with van der Waals surface area (Å²) in [6.07, 6.45) is 0.983. The maximum atomic E-state index is 5.39. The lowest BCUT2D eigenvalue weighted by molar-refractivity contribution is 0.355. The van der Waals surface area contributed by atoms with Crippen LogP contribution in [0.4, 0.5) is 17.5 Å². The summed E-state index contributed by atoms with van der Waals surface area (Å²) in [5.41, 5.74) is 2.74. The smallest absolute Gasteiger partial charge is 0.225 e. The van der Waals surface area contributed by atoms with Crippen molar-refractivity contribution in [1.82, 2.24) is 9.97 Å². The van der Waals surface area contributed by atoms with Gasteiger partial charge in [0, 0.05) is 29.4 Å². The molecule has 0 bridgehead atoms. The second-order valence-electron chi connectivity index (χ2n) is 6.48. The van der Waals surface area contributed by atoms with Crippen LogP contribution in [0.1, 0.15) is 20.3 Å². The highest BCUT2D eigenvalue weighted by Crippen LogP contribution is 2.31. The first kappa shape index (κ1) is 19.5. The van der Waals surface area contributed by atoms with Gasteiger partial charge < -0.3 is 20.1 Å². The van der Waals surface area contributed by atoms with Crippen molar-refractivity contribution in [3.05, 3.63) is 54.6 Å². The number of nitrogens with zero attached hydrogens (tertiary/aromatic N) is 2. The quantitative estimate of drug-likeness (QED) is 0.567. The van der Waals surface area contributed by atoms with E-state index in [0.717, 1.165) is 23.4 Å². The molecule has 0 aliphatic heterocycles. The first-order chi connectivity index (χ1) is 13.6. The van der Waals surface area contributed by atoms with E-state index in [-0.39, 0.29) is 6.04 Å². The Balaban J connectivity index is 1.96. The van der Waals surface area contributed by atoms with Gasteiger partial charge in [0.15, 0.2) is 11.5 Å². The zero-order chi connectivity index (χ0) is 19.9. The van der Waals surface area contributed by atoms with Crippen LogP contribution in [0.5, 0.6) is 11.5 Å². The third-order valence-corrected chi connectivity index (χ3v) is 4.44. The molecule has 0 saturated carbocycles. The van der Waals surface area contributed by atoms with E-state index in [2.05, 4.69) is 34.4 Å². The van der Waals surface area contributed by atoms with E-state index in [1.165, 1.54) is 0 Å². The van der Waals surface area contributed by atoms with Gasteiger partial charge in [-0.2, -0.15) is 4.98 Å². The Morgan fingerprint density at radius 3 is 2.36 bits per heavy atom. The van der Waals surface area contributed by atoms with E-state index >= 15 is 0 Å². The Morgan fingerprint density at radius 2 is 1.68 bits per heavy atom. The number of anilines is 3. The molecular weight excluding hydrogens is 352 g/mol. The van der Waals surface area contributed by atoms with Gasteiger partial charge in [-0.05, 0) is 25.5 Å². The number of ether oxygens (including phenoxy) is 2. The second kappa shape index (κ2) is 9.08. The minimum absolute atomic E-state index is 0.278. The summed E-state index contributed by atoms with van der Waals surface area (Å²) in [4.78, 5) is 9.32. The topological polar surface area (TPSA) is 68.3 Å². The van der Waals surface area contributed by atoms with Gasteiger partial charge in [0.25, 0.3) is 0 Å². The summed E-state index contributed by atoms with van der Waals surface area (Å²) in [6.45, 7) is 4.24. The van der Waals surface area contributed by atoms with Crippen molar-refractivity contribution in [1.29, 1.82) is 0 Å². The molecule has 1 aromatic heterocycles. The molecule has 0 aliphatic rings. The Kier molecular flexibility index (Phi) is 6.32. The van der Waals surface area contributed by atoms with Crippen LogP contribution in [0.25, 0.3) is 11.3 Å². The second-order valence-corrected chi connectivity index (χ2v) is 6.48.